The van der Waals surface area contributed by atoms with Crippen LogP contribution >= 0.6 is 0 Å². The average Bonchev–Trinajstić information content (AvgIpc) is 3.36. The lowest BCUT2D eigenvalue weighted by atomic mass is 9.83. The van der Waals surface area contributed by atoms with E-state index < -0.39 is 0 Å². The monoisotopic (exact) mass is 408 g/mol. The summed E-state index contributed by atoms with van der Waals surface area (Å²) in [6.45, 7) is 4.19. The lowest BCUT2D eigenvalue weighted by molar-refractivity contribution is 0.371. The predicted molar refractivity (Wildman–Crippen MR) is 120 cm³/mol. The van der Waals surface area contributed by atoms with Gasteiger partial charge in [-0.1, -0.05) is 13.0 Å². The maximum absolute atomic E-state index is 4.87. The normalized spacial score (nSPS) is 14.1. The van der Waals surface area contributed by atoms with E-state index in [4.69, 9.17) is 4.98 Å². The minimum absolute atomic E-state index is 0.560. The predicted octanol–water partition coefficient (Wildman–Crippen LogP) is 4.68. The Bertz CT molecular complexity index is 1390. The standard InChI is InChI=1S/C23H20N8/c1-13(14-4-2-5-14)26-16-10-15(11-24-12-16)17-7-8-18-20(27-17)21(31-30-18)23-28-19-6-3-9-25-22(19)29-23/h3,6-12,14,26H,1-2,4-5H2,(H,30,31)(H,25,28,29). The second kappa shape index (κ2) is 7.02. The summed E-state index contributed by atoms with van der Waals surface area (Å²) in [5, 5.41) is 10.9. The number of nitrogens with one attached hydrogen (secondary N) is 3. The minimum Gasteiger partial charge on any atom is -0.358 e. The van der Waals surface area contributed by atoms with E-state index >= 15 is 0 Å². The quantitative estimate of drug-likeness (QED) is 0.390. The topological polar surface area (TPSA) is 108 Å². The number of fused-ring (bicyclic) bond motifs is 2. The highest BCUT2D eigenvalue weighted by molar-refractivity contribution is 5.91. The number of H-pyrrole nitrogens is 2. The zero-order chi connectivity index (χ0) is 20.8. The molecular weight excluding hydrogens is 388 g/mol. The van der Waals surface area contributed by atoms with E-state index in [0.29, 0.717) is 23.1 Å². The molecule has 0 aromatic carbocycles. The van der Waals surface area contributed by atoms with Crippen LogP contribution in [0.4, 0.5) is 5.69 Å². The number of nitrogens with zero attached hydrogens (tertiary/aromatic N) is 5. The van der Waals surface area contributed by atoms with Gasteiger partial charge in [-0.15, -0.1) is 0 Å². The van der Waals surface area contributed by atoms with Gasteiger partial charge in [-0.25, -0.2) is 15.0 Å². The van der Waals surface area contributed by atoms with Crippen molar-refractivity contribution in [3.8, 4) is 22.8 Å². The van der Waals surface area contributed by atoms with Crippen LogP contribution in [0.1, 0.15) is 19.3 Å². The van der Waals surface area contributed by atoms with Crippen molar-refractivity contribution in [1.29, 1.82) is 0 Å². The third-order valence-corrected chi connectivity index (χ3v) is 5.83. The van der Waals surface area contributed by atoms with Gasteiger partial charge in [0, 0.05) is 23.7 Å². The number of pyridine rings is 3. The van der Waals surface area contributed by atoms with Gasteiger partial charge in [0.25, 0.3) is 0 Å². The van der Waals surface area contributed by atoms with Gasteiger partial charge in [0.1, 0.15) is 5.52 Å². The van der Waals surface area contributed by atoms with E-state index in [1.54, 1.807) is 6.20 Å². The zero-order valence-electron chi connectivity index (χ0n) is 16.8. The molecule has 0 unspecified atom stereocenters. The van der Waals surface area contributed by atoms with Crippen molar-refractivity contribution in [3.05, 3.63) is 61.2 Å². The molecule has 6 rings (SSSR count). The Morgan fingerprint density at radius 1 is 1.10 bits per heavy atom. The highest BCUT2D eigenvalue weighted by Gasteiger charge is 2.20. The first-order valence-electron chi connectivity index (χ1n) is 10.3. The second-order valence-electron chi connectivity index (χ2n) is 7.87. The molecule has 8 nitrogen and oxygen atoms in total. The molecule has 31 heavy (non-hydrogen) atoms. The molecule has 0 amide bonds. The zero-order valence-corrected chi connectivity index (χ0v) is 16.8. The summed E-state index contributed by atoms with van der Waals surface area (Å²) in [5.41, 5.74) is 7.48. The Kier molecular flexibility index (Phi) is 4.02. The molecule has 8 heteroatoms. The van der Waals surface area contributed by atoms with Gasteiger partial charge in [0.15, 0.2) is 17.2 Å². The summed E-state index contributed by atoms with van der Waals surface area (Å²) in [6, 6.07) is 9.80. The van der Waals surface area contributed by atoms with E-state index in [9.17, 15) is 0 Å². The van der Waals surface area contributed by atoms with Crippen molar-refractivity contribution in [2.75, 3.05) is 5.32 Å². The summed E-state index contributed by atoms with van der Waals surface area (Å²) in [7, 11) is 0. The fourth-order valence-corrected chi connectivity index (χ4v) is 3.87. The smallest absolute Gasteiger partial charge is 0.178 e. The van der Waals surface area contributed by atoms with E-state index in [2.05, 4.69) is 48.1 Å². The van der Waals surface area contributed by atoms with Crippen molar-refractivity contribution in [3.63, 3.8) is 0 Å². The van der Waals surface area contributed by atoms with Crippen molar-refractivity contribution < 1.29 is 0 Å². The number of anilines is 1. The van der Waals surface area contributed by atoms with Gasteiger partial charge in [-0.2, -0.15) is 5.10 Å². The van der Waals surface area contributed by atoms with Gasteiger partial charge in [0.05, 0.1) is 28.6 Å². The van der Waals surface area contributed by atoms with Crippen LogP contribution in [0, 0.1) is 5.92 Å². The van der Waals surface area contributed by atoms with Gasteiger partial charge < -0.3 is 10.3 Å². The van der Waals surface area contributed by atoms with Crippen molar-refractivity contribution in [1.82, 2.24) is 35.1 Å². The minimum atomic E-state index is 0.560. The van der Waals surface area contributed by atoms with Crippen LogP contribution in [0.15, 0.2) is 61.2 Å². The Labute approximate surface area is 177 Å². The largest absolute Gasteiger partial charge is 0.358 e. The molecule has 1 fully saturated rings. The molecule has 0 radical (unpaired) electrons. The molecule has 1 saturated carbocycles. The van der Waals surface area contributed by atoms with E-state index in [1.165, 1.54) is 19.3 Å². The number of rotatable bonds is 5. The number of imidazole rings is 1. The van der Waals surface area contributed by atoms with Crippen LogP contribution in [-0.4, -0.2) is 35.1 Å². The van der Waals surface area contributed by atoms with Crippen LogP contribution in [0.5, 0.6) is 0 Å². The molecule has 1 aliphatic carbocycles. The number of aromatic nitrogens is 7. The summed E-state index contributed by atoms with van der Waals surface area (Å²) < 4.78 is 0. The van der Waals surface area contributed by atoms with Gasteiger partial charge in [-0.3, -0.25) is 10.1 Å². The fourth-order valence-electron chi connectivity index (χ4n) is 3.87. The maximum atomic E-state index is 4.87. The molecule has 0 bridgehead atoms. The van der Waals surface area contributed by atoms with Gasteiger partial charge in [-0.05, 0) is 49.1 Å². The first-order valence-corrected chi connectivity index (χ1v) is 10.3. The molecule has 3 N–H and O–H groups in total. The van der Waals surface area contributed by atoms with Crippen LogP contribution in [0.25, 0.3) is 45.0 Å². The number of hydrogen-bond donors (Lipinski definition) is 3. The number of hydrogen-bond acceptors (Lipinski definition) is 6. The Hall–Kier alpha value is -4.07. The highest BCUT2D eigenvalue weighted by Crippen LogP contribution is 2.33. The fraction of sp³-hybridized carbons (Fsp3) is 0.174. The Morgan fingerprint density at radius 3 is 2.87 bits per heavy atom. The number of aromatic amines is 2. The summed E-state index contributed by atoms with van der Waals surface area (Å²) in [5.74, 6) is 1.19. The first kappa shape index (κ1) is 17.8. The Morgan fingerprint density at radius 2 is 2.03 bits per heavy atom. The molecule has 0 spiro atoms. The highest BCUT2D eigenvalue weighted by atomic mass is 15.2. The van der Waals surface area contributed by atoms with Crippen LogP contribution < -0.4 is 5.32 Å². The molecule has 5 aromatic heterocycles. The van der Waals surface area contributed by atoms with E-state index in [-0.39, 0.29) is 0 Å². The average molecular weight is 408 g/mol. The lowest BCUT2D eigenvalue weighted by Gasteiger charge is -2.28. The van der Waals surface area contributed by atoms with Gasteiger partial charge >= 0.3 is 0 Å². The van der Waals surface area contributed by atoms with Crippen molar-refractivity contribution in [2.45, 2.75) is 19.3 Å². The van der Waals surface area contributed by atoms with Crippen LogP contribution in [0.3, 0.4) is 0 Å². The third-order valence-electron chi connectivity index (χ3n) is 5.83. The van der Waals surface area contributed by atoms with Crippen molar-refractivity contribution >= 4 is 27.9 Å². The third kappa shape index (κ3) is 3.13. The SMILES string of the molecule is C=C(Nc1cncc(-c2ccc3[nH]nc(-c4nc5ncccc5[nH]4)c3n2)c1)C1CCC1. The Balaban J connectivity index is 1.37. The molecule has 1 aliphatic rings. The summed E-state index contributed by atoms with van der Waals surface area (Å²) >= 11 is 0. The molecule has 0 saturated heterocycles. The van der Waals surface area contributed by atoms with Crippen LogP contribution in [0.2, 0.25) is 0 Å². The number of allylic oxidation sites excluding steroid dienone is 1. The van der Waals surface area contributed by atoms with E-state index in [0.717, 1.165) is 39.2 Å². The molecule has 152 valence electrons. The van der Waals surface area contributed by atoms with Crippen molar-refractivity contribution in [2.24, 2.45) is 5.92 Å². The first-order chi connectivity index (χ1) is 15.2. The molecule has 0 aliphatic heterocycles. The molecular formula is C23H20N8. The van der Waals surface area contributed by atoms with E-state index in [1.807, 2.05) is 36.7 Å². The maximum Gasteiger partial charge on any atom is 0.178 e. The summed E-state index contributed by atoms with van der Waals surface area (Å²) in [4.78, 5) is 21.4. The molecule has 5 heterocycles. The van der Waals surface area contributed by atoms with Gasteiger partial charge in [0.2, 0.25) is 0 Å². The second-order valence-corrected chi connectivity index (χ2v) is 7.87. The summed E-state index contributed by atoms with van der Waals surface area (Å²) in [6.07, 6.45) is 9.05. The molecule has 0 atom stereocenters. The van der Waals surface area contributed by atoms with Crippen LogP contribution in [-0.2, 0) is 0 Å². The lowest BCUT2D eigenvalue weighted by Crippen LogP contribution is -2.18. The molecule has 5 aromatic rings.